The summed E-state index contributed by atoms with van der Waals surface area (Å²) < 4.78 is 28.3. The Morgan fingerprint density at radius 1 is 1.47 bits per heavy atom. The summed E-state index contributed by atoms with van der Waals surface area (Å²) in [5.41, 5.74) is 0. The van der Waals surface area contributed by atoms with Crippen LogP contribution < -0.4 is 0 Å². The van der Waals surface area contributed by atoms with Gasteiger partial charge in [-0.05, 0) is 12.3 Å². The summed E-state index contributed by atoms with van der Waals surface area (Å²) in [7, 11) is -1.46. The van der Waals surface area contributed by atoms with Crippen molar-refractivity contribution in [3.63, 3.8) is 0 Å². The molecule has 112 valence electrons. The molecule has 0 aromatic heterocycles. The van der Waals surface area contributed by atoms with Gasteiger partial charge in [0.15, 0.2) is 9.84 Å². The molecule has 7 heteroatoms. The predicted octanol–water partition coefficient (Wildman–Crippen LogP) is 0.231. The highest BCUT2D eigenvalue weighted by molar-refractivity contribution is 7.91. The van der Waals surface area contributed by atoms with Crippen molar-refractivity contribution >= 4 is 15.8 Å². The van der Waals surface area contributed by atoms with Crippen molar-refractivity contribution in [2.75, 3.05) is 31.8 Å². The zero-order chi connectivity index (χ0) is 14.6. The van der Waals surface area contributed by atoms with Gasteiger partial charge in [0.05, 0.1) is 24.7 Å². The Kier molecular flexibility index (Phi) is 5.76. The van der Waals surface area contributed by atoms with Crippen LogP contribution in [0, 0.1) is 5.92 Å². The number of aliphatic carboxylic acids is 1. The van der Waals surface area contributed by atoms with Crippen molar-refractivity contribution in [2.24, 2.45) is 5.92 Å². The third-order valence-corrected chi connectivity index (χ3v) is 5.28. The van der Waals surface area contributed by atoms with Crippen LogP contribution in [0.2, 0.25) is 0 Å². The van der Waals surface area contributed by atoms with Gasteiger partial charge in [-0.2, -0.15) is 0 Å². The van der Waals surface area contributed by atoms with Gasteiger partial charge in [-0.25, -0.2) is 8.42 Å². The SMILES string of the molecule is COCC(C(C)C)N(CC(=O)O)C1CCS(=O)(=O)C1. The summed E-state index contributed by atoms with van der Waals surface area (Å²) in [6.07, 6.45) is 0.503. The lowest BCUT2D eigenvalue weighted by atomic mass is 10.0. The molecular formula is C12H23NO5S. The van der Waals surface area contributed by atoms with E-state index in [1.54, 1.807) is 12.0 Å². The highest BCUT2D eigenvalue weighted by Crippen LogP contribution is 2.23. The van der Waals surface area contributed by atoms with E-state index in [1.807, 2.05) is 13.8 Å². The number of hydrogen-bond acceptors (Lipinski definition) is 5. The van der Waals surface area contributed by atoms with Crippen LogP contribution in [0.25, 0.3) is 0 Å². The maximum Gasteiger partial charge on any atom is 0.317 e. The van der Waals surface area contributed by atoms with Gasteiger partial charge in [0.1, 0.15) is 0 Å². The van der Waals surface area contributed by atoms with Crippen LogP contribution in [0.5, 0.6) is 0 Å². The minimum Gasteiger partial charge on any atom is -0.480 e. The molecule has 1 saturated heterocycles. The number of carboxylic acid groups (broad SMARTS) is 1. The van der Waals surface area contributed by atoms with Gasteiger partial charge in [0.25, 0.3) is 0 Å². The minimum atomic E-state index is -3.03. The molecule has 1 heterocycles. The molecule has 2 unspecified atom stereocenters. The molecule has 0 spiro atoms. The Morgan fingerprint density at radius 3 is 2.47 bits per heavy atom. The molecule has 1 rings (SSSR count). The van der Waals surface area contributed by atoms with Crippen molar-refractivity contribution in [1.29, 1.82) is 0 Å². The highest BCUT2D eigenvalue weighted by atomic mass is 32.2. The zero-order valence-electron chi connectivity index (χ0n) is 11.7. The van der Waals surface area contributed by atoms with E-state index in [9.17, 15) is 13.2 Å². The first-order valence-corrected chi connectivity index (χ1v) is 8.26. The fourth-order valence-corrected chi connectivity index (χ4v) is 4.29. The Morgan fingerprint density at radius 2 is 2.11 bits per heavy atom. The first kappa shape index (κ1) is 16.4. The van der Waals surface area contributed by atoms with Crippen LogP contribution in [0.3, 0.4) is 0 Å². The summed E-state index contributed by atoms with van der Waals surface area (Å²) in [6, 6.07) is -0.303. The number of hydrogen-bond donors (Lipinski definition) is 1. The molecular weight excluding hydrogens is 270 g/mol. The van der Waals surface area contributed by atoms with Gasteiger partial charge in [-0.1, -0.05) is 13.8 Å². The van der Waals surface area contributed by atoms with Gasteiger partial charge in [-0.15, -0.1) is 0 Å². The van der Waals surface area contributed by atoms with E-state index >= 15 is 0 Å². The van der Waals surface area contributed by atoms with E-state index in [1.165, 1.54) is 0 Å². The van der Waals surface area contributed by atoms with Crippen LogP contribution in [-0.4, -0.2) is 68.2 Å². The topological polar surface area (TPSA) is 83.9 Å². The maximum atomic E-state index is 11.6. The Labute approximate surface area is 114 Å². The first-order chi connectivity index (χ1) is 8.76. The monoisotopic (exact) mass is 293 g/mol. The van der Waals surface area contributed by atoms with Crippen LogP contribution in [0.15, 0.2) is 0 Å². The number of rotatable bonds is 7. The molecule has 0 aromatic carbocycles. The van der Waals surface area contributed by atoms with Crippen molar-refractivity contribution < 1.29 is 23.1 Å². The van der Waals surface area contributed by atoms with E-state index in [2.05, 4.69) is 0 Å². The van der Waals surface area contributed by atoms with Gasteiger partial charge < -0.3 is 9.84 Å². The second kappa shape index (κ2) is 6.67. The van der Waals surface area contributed by atoms with Crippen LogP contribution in [0.4, 0.5) is 0 Å². The first-order valence-electron chi connectivity index (χ1n) is 6.43. The molecule has 0 aliphatic carbocycles. The average Bonchev–Trinajstić information content (AvgIpc) is 2.63. The summed E-state index contributed by atoms with van der Waals surface area (Å²) >= 11 is 0. The van der Waals surface area contributed by atoms with Crippen molar-refractivity contribution in [2.45, 2.75) is 32.4 Å². The summed E-state index contributed by atoms with van der Waals surface area (Å²) in [4.78, 5) is 12.8. The smallest absolute Gasteiger partial charge is 0.317 e. The summed E-state index contributed by atoms with van der Waals surface area (Å²) in [6.45, 7) is 4.23. The second-order valence-corrected chi connectivity index (χ2v) is 7.62. The summed E-state index contributed by atoms with van der Waals surface area (Å²) in [5.74, 6) is -0.549. The molecule has 6 nitrogen and oxygen atoms in total. The number of methoxy groups -OCH3 is 1. The molecule has 0 bridgehead atoms. The van der Waals surface area contributed by atoms with Crippen LogP contribution in [-0.2, 0) is 19.4 Å². The Balaban J connectivity index is 2.89. The number of nitrogens with zero attached hydrogens (tertiary/aromatic N) is 1. The van der Waals surface area contributed by atoms with E-state index in [0.717, 1.165) is 0 Å². The molecule has 2 atom stereocenters. The second-order valence-electron chi connectivity index (χ2n) is 5.39. The zero-order valence-corrected chi connectivity index (χ0v) is 12.5. The quantitative estimate of drug-likeness (QED) is 0.723. The fraction of sp³-hybridized carbons (Fsp3) is 0.917. The minimum absolute atomic E-state index is 0.0488. The lowest BCUT2D eigenvalue weighted by Gasteiger charge is -2.36. The molecule has 1 aliphatic rings. The normalized spacial score (nSPS) is 23.9. The van der Waals surface area contributed by atoms with E-state index < -0.39 is 15.8 Å². The molecule has 0 saturated carbocycles. The average molecular weight is 293 g/mol. The van der Waals surface area contributed by atoms with Gasteiger partial charge in [0.2, 0.25) is 0 Å². The van der Waals surface area contributed by atoms with E-state index in [0.29, 0.717) is 13.0 Å². The Bertz CT molecular complexity index is 406. The maximum absolute atomic E-state index is 11.6. The van der Waals surface area contributed by atoms with Gasteiger partial charge >= 0.3 is 5.97 Å². The van der Waals surface area contributed by atoms with E-state index in [-0.39, 0.29) is 36.1 Å². The molecule has 1 fully saturated rings. The number of carboxylic acids is 1. The molecule has 1 N–H and O–H groups in total. The molecule has 19 heavy (non-hydrogen) atoms. The predicted molar refractivity (Wildman–Crippen MR) is 71.9 cm³/mol. The third kappa shape index (κ3) is 4.74. The third-order valence-electron chi connectivity index (χ3n) is 3.53. The molecule has 0 radical (unpaired) electrons. The lowest BCUT2D eigenvalue weighted by Crippen LogP contribution is -2.50. The molecule has 0 amide bonds. The van der Waals surface area contributed by atoms with Crippen molar-refractivity contribution in [3.05, 3.63) is 0 Å². The summed E-state index contributed by atoms with van der Waals surface area (Å²) in [5, 5.41) is 9.04. The van der Waals surface area contributed by atoms with Crippen molar-refractivity contribution in [1.82, 2.24) is 4.90 Å². The van der Waals surface area contributed by atoms with Crippen LogP contribution >= 0.6 is 0 Å². The van der Waals surface area contributed by atoms with Crippen LogP contribution in [0.1, 0.15) is 20.3 Å². The largest absolute Gasteiger partial charge is 0.480 e. The van der Waals surface area contributed by atoms with Gasteiger partial charge in [0, 0.05) is 19.2 Å². The fourth-order valence-electron chi connectivity index (χ4n) is 2.55. The van der Waals surface area contributed by atoms with E-state index in [4.69, 9.17) is 9.84 Å². The number of sulfone groups is 1. The number of ether oxygens (including phenoxy) is 1. The molecule has 0 aromatic rings. The highest BCUT2D eigenvalue weighted by Gasteiger charge is 2.37. The number of carbonyl (C=O) groups is 1. The van der Waals surface area contributed by atoms with Gasteiger partial charge in [-0.3, -0.25) is 9.69 Å². The molecule has 1 aliphatic heterocycles. The Hall–Kier alpha value is -0.660. The lowest BCUT2D eigenvalue weighted by molar-refractivity contribution is -0.140. The standard InChI is InChI=1S/C12H23NO5S/c1-9(2)11(7-18-3)13(6-12(14)15)10-4-5-19(16,17)8-10/h9-11H,4-8H2,1-3H3,(H,14,15). The van der Waals surface area contributed by atoms with Crippen molar-refractivity contribution in [3.8, 4) is 0 Å².